The smallest absolute Gasteiger partial charge is 0.139 e. The fraction of sp³-hybridized carbons (Fsp3) is 0.719. The lowest BCUT2D eigenvalue weighted by Gasteiger charge is -2.61. The van der Waals surface area contributed by atoms with Crippen LogP contribution in [0.15, 0.2) is 60.5 Å². The van der Waals surface area contributed by atoms with Crippen molar-refractivity contribution in [3.63, 3.8) is 0 Å². The third-order valence-electron chi connectivity index (χ3n) is 22.5. The molecule has 0 aliphatic heterocycles. The minimum Gasteiger partial charge on any atom is -0.393 e. The minimum absolute atomic E-state index is 0. The van der Waals surface area contributed by atoms with Crippen molar-refractivity contribution < 1.29 is 19.8 Å². The van der Waals surface area contributed by atoms with Gasteiger partial charge in [0.15, 0.2) is 0 Å². The maximum absolute atomic E-state index is 13.3. The lowest BCUT2D eigenvalue weighted by molar-refractivity contribution is -0.159. The number of carbonyl (C=O) groups excluding carboxylic acids is 2. The number of aliphatic hydroxyl groups excluding tert-OH is 2. The molecule has 2 heterocycles. The minimum atomic E-state index is -0.363. The van der Waals surface area contributed by atoms with Crippen LogP contribution < -0.4 is 0 Å². The van der Waals surface area contributed by atoms with Crippen LogP contribution in [-0.2, 0) is 35.5 Å². The van der Waals surface area contributed by atoms with Crippen molar-refractivity contribution in [1.29, 1.82) is 0 Å². The van der Waals surface area contributed by atoms with Gasteiger partial charge in [0.25, 0.3) is 0 Å². The van der Waals surface area contributed by atoms with Crippen LogP contribution in [0.1, 0.15) is 190 Å². The first-order valence-electron chi connectivity index (χ1n) is 28.6. The highest BCUT2D eigenvalue weighted by molar-refractivity contribution is 9.09. The molecular formula is C64H97BrN4O4. The number of aliphatic hydroxyl groups is 2. The molecule has 9 heteroatoms. The number of nitrogens with zero attached hydrogens (tertiary/aromatic N) is 4. The van der Waals surface area contributed by atoms with E-state index < -0.39 is 0 Å². The van der Waals surface area contributed by atoms with E-state index in [0.29, 0.717) is 59.9 Å². The quantitative estimate of drug-likeness (QED) is 0.171. The maximum atomic E-state index is 13.3. The summed E-state index contributed by atoms with van der Waals surface area (Å²) >= 11 is 3.13. The van der Waals surface area contributed by atoms with Gasteiger partial charge in [-0.25, -0.2) is 0 Å². The number of fused-ring (bicyclic) bond motifs is 12. The lowest BCUT2D eigenvalue weighted by atomic mass is 9.44. The summed E-state index contributed by atoms with van der Waals surface area (Å²) in [5.41, 5.74) is 7.07. The molecule has 0 spiro atoms. The molecule has 2 N–H and O–H groups in total. The predicted octanol–water partition coefficient (Wildman–Crippen LogP) is 14.7. The van der Waals surface area contributed by atoms with Crippen LogP contribution in [0.3, 0.4) is 0 Å². The van der Waals surface area contributed by atoms with Crippen LogP contribution in [0.25, 0.3) is 12.2 Å². The molecule has 16 atom stereocenters. The molecule has 0 aromatic carbocycles. The fourth-order valence-corrected chi connectivity index (χ4v) is 18.4. The van der Waals surface area contributed by atoms with Crippen molar-refractivity contribution in [2.75, 3.05) is 5.33 Å². The van der Waals surface area contributed by atoms with Crippen molar-refractivity contribution >= 4 is 39.6 Å². The van der Waals surface area contributed by atoms with E-state index in [1.165, 1.54) is 28.0 Å². The first-order chi connectivity index (χ1) is 34.1. The molecular weight excluding hydrogens is 969 g/mol. The van der Waals surface area contributed by atoms with Gasteiger partial charge in [-0.15, -0.1) is 6.58 Å². The number of rotatable bonds is 11. The zero-order chi connectivity index (χ0) is 52.3. The molecule has 0 radical (unpaired) electrons. The Kier molecular flexibility index (Phi) is 17.1. The number of aromatic nitrogens is 4. The normalized spacial score (nSPS) is 40.5. The summed E-state index contributed by atoms with van der Waals surface area (Å²) in [6, 6.07) is 0. The van der Waals surface area contributed by atoms with Gasteiger partial charge < -0.3 is 10.2 Å². The Morgan fingerprint density at radius 1 is 0.740 bits per heavy atom. The van der Waals surface area contributed by atoms with E-state index in [9.17, 15) is 19.8 Å². The summed E-state index contributed by atoms with van der Waals surface area (Å²) in [5, 5.41) is 34.1. The number of halogens is 1. The Morgan fingerprint density at radius 2 is 1.21 bits per heavy atom. The number of ketones is 2. The molecule has 0 unspecified atom stereocenters. The Labute approximate surface area is 450 Å². The van der Waals surface area contributed by atoms with Crippen LogP contribution in [0.5, 0.6) is 0 Å². The summed E-state index contributed by atoms with van der Waals surface area (Å²) < 4.78 is 4.20. The highest BCUT2D eigenvalue weighted by Gasteiger charge is 2.70. The van der Waals surface area contributed by atoms with Crippen LogP contribution in [-0.4, -0.2) is 58.9 Å². The molecule has 6 saturated carbocycles. The molecule has 0 saturated heterocycles. The largest absolute Gasteiger partial charge is 0.393 e. The first kappa shape index (κ1) is 57.6. The van der Waals surface area contributed by atoms with Crippen LogP contribution in [0.2, 0.25) is 0 Å². The molecule has 0 amide bonds. The predicted molar refractivity (Wildman–Crippen MR) is 305 cm³/mol. The number of hydrogen-bond donors (Lipinski definition) is 2. The number of hydrogen-bond acceptors (Lipinski definition) is 6. The second-order valence-electron chi connectivity index (χ2n) is 25.5. The number of allylic oxidation sites excluding steroid dienone is 7. The van der Waals surface area contributed by atoms with E-state index in [1.54, 1.807) is 6.08 Å². The van der Waals surface area contributed by atoms with Gasteiger partial charge in [-0.3, -0.25) is 19.0 Å². The molecule has 6 fully saturated rings. The number of alkyl halides is 1. The zero-order valence-electron chi connectivity index (χ0n) is 46.6. The molecule has 10 rings (SSSR count). The number of carbonyl (C=O) groups is 2. The van der Waals surface area contributed by atoms with E-state index in [2.05, 4.69) is 150 Å². The van der Waals surface area contributed by atoms with Crippen molar-refractivity contribution in [3.8, 4) is 0 Å². The van der Waals surface area contributed by atoms with Gasteiger partial charge in [0, 0.05) is 35.2 Å². The van der Waals surface area contributed by atoms with E-state index in [1.807, 2.05) is 13.8 Å². The van der Waals surface area contributed by atoms with Crippen molar-refractivity contribution in [2.24, 2.45) is 79.8 Å². The van der Waals surface area contributed by atoms with E-state index in [-0.39, 0.29) is 64.0 Å². The molecule has 8 aliphatic carbocycles. The van der Waals surface area contributed by atoms with Gasteiger partial charge in [-0.05, 0) is 169 Å². The van der Waals surface area contributed by atoms with Gasteiger partial charge in [-0.1, -0.05) is 148 Å². The average Bonchev–Trinajstić information content (AvgIpc) is 4.04. The Balaban J connectivity index is 0.000000197. The summed E-state index contributed by atoms with van der Waals surface area (Å²) in [6.45, 7) is 31.9. The lowest BCUT2D eigenvalue weighted by Crippen LogP contribution is -2.59. The summed E-state index contributed by atoms with van der Waals surface area (Å²) in [6.07, 6.45) is 32.3. The highest BCUT2D eigenvalue weighted by atomic mass is 79.9. The monoisotopic (exact) mass is 1060 g/mol. The zero-order valence-corrected chi connectivity index (χ0v) is 48.2. The van der Waals surface area contributed by atoms with Crippen LogP contribution in [0.4, 0.5) is 0 Å². The maximum Gasteiger partial charge on any atom is 0.139 e. The van der Waals surface area contributed by atoms with Crippen molar-refractivity contribution in [1.82, 2.24) is 19.6 Å². The summed E-state index contributed by atoms with van der Waals surface area (Å²) in [7, 11) is 0. The van der Waals surface area contributed by atoms with Gasteiger partial charge in [0.1, 0.15) is 11.6 Å². The summed E-state index contributed by atoms with van der Waals surface area (Å²) in [4.78, 5) is 26.6. The second-order valence-corrected chi connectivity index (χ2v) is 26.2. The molecule has 8 aliphatic rings. The SMILES string of the molecule is C.C=CCBr.CC/C=C\Cn1cc2c(n1)C=C1CC[C@@H]3[C@H]([C@@H](O)C[C@@]4(C)[C@H]3C[C@@H](C)[C@]4(C)C(=O)CC)[C@@]1(C)C2.CC/C=C\Cn1ncc2c1C=C1CC[C@@H]3[C@H]([C@@H](O)C[C@@]4(C)[C@H]3C[C@@H](C)[C@]4(C)C(=O)CC)[C@@]1(C)C2. The molecule has 2 aromatic rings. The van der Waals surface area contributed by atoms with Crippen molar-refractivity contribution in [3.05, 3.63) is 83.0 Å². The second kappa shape index (κ2) is 21.7. The van der Waals surface area contributed by atoms with Crippen LogP contribution >= 0.6 is 15.9 Å². The Morgan fingerprint density at radius 3 is 1.67 bits per heavy atom. The average molecular weight is 1070 g/mol. The number of Topliss-reactive ketones (excluding diaryl/α,β-unsaturated/α-hetero) is 2. The Bertz CT molecular complexity index is 2480. The standard InChI is InChI=1S/2C30H44N2O2.C3H5Br.CH4/c1-7-9-10-13-32-18-20-16-28(4)21(15-24(20)31-32)11-12-22-23-14-19(3)30(6,26(34)8-2)29(23,5)17-25(33)27(22)28;1-7-9-10-13-32-24-15-21-11-12-22-23-14-19(3)30(6,26(34)8-2)29(23,5)17-25(33)27(22)28(21,4)16-20(24)18-31-32;1-2-3-4;/h2*9-10,15,18-19,22-23,25,27,33H,7-8,11-14,16-17H2,1-6H3;2H,1,3H2;1H4/b2*10-9-;;/t2*19-,22+,23+,25+,27-,28+,29+,30-;;/m11../s1. The Hall–Kier alpha value is -3.14. The van der Waals surface area contributed by atoms with E-state index >= 15 is 0 Å². The van der Waals surface area contributed by atoms with Crippen LogP contribution in [0, 0.1) is 79.8 Å². The first-order valence-corrected chi connectivity index (χ1v) is 29.7. The topological polar surface area (TPSA) is 110 Å². The fourth-order valence-electron chi connectivity index (χ4n) is 18.4. The van der Waals surface area contributed by atoms with Gasteiger partial charge in [0.05, 0.1) is 42.9 Å². The highest BCUT2D eigenvalue weighted by Crippen LogP contribution is 2.73. The molecule has 404 valence electrons. The van der Waals surface area contributed by atoms with Crippen molar-refractivity contribution in [2.45, 2.75) is 206 Å². The van der Waals surface area contributed by atoms with Gasteiger partial charge in [-0.2, -0.15) is 10.2 Å². The summed E-state index contributed by atoms with van der Waals surface area (Å²) in [5.74, 6) is 4.03. The molecule has 0 bridgehead atoms. The van der Waals surface area contributed by atoms with E-state index in [4.69, 9.17) is 10.2 Å². The third kappa shape index (κ3) is 9.01. The van der Waals surface area contributed by atoms with Gasteiger partial charge in [0.2, 0.25) is 0 Å². The molecule has 2 aromatic heterocycles. The van der Waals surface area contributed by atoms with E-state index in [0.717, 1.165) is 101 Å². The third-order valence-corrected chi connectivity index (χ3v) is 23.0. The molecule has 73 heavy (non-hydrogen) atoms. The molecule has 8 nitrogen and oxygen atoms in total. The van der Waals surface area contributed by atoms with Gasteiger partial charge >= 0.3 is 0 Å².